The van der Waals surface area contributed by atoms with E-state index in [0.717, 1.165) is 12.1 Å². The predicted octanol–water partition coefficient (Wildman–Crippen LogP) is 3.20. The van der Waals surface area contributed by atoms with Gasteiger partial charge in [0.15, 0.2) is 0 Å². The van der Waals surface area contributed by atoms with E-state index in [1.807, 2.05) is 0 Å². The van der Waals surface area contributed by atoms with E-state index in [1.54, 1.807) is 0 Å². The number of carboxylic acid groups (broad SMARTS) is 2. The van der Waals surface area contributed by atoms with Gasteiger partial charge in [0.25, 0.3) is 0 Å². The van der Waals surface area contributed by atoms with Gasteiger partial charge in [-0.05, 0) is 30.7 Å². The fraction of sp³-hybridized carbons (Fsp3) is 0.250. The minimum atomic E-state index is -4.41. The van der Waals surface area contributed by atoms with Crippen LogP contribution in [0.2, 0.25) is 0 Å². The molecule has 0 aliphatic heterocycles. The molecule has 0 unspecified atom stereocenters. The summed E-state index contributed by atoms with van der Waals surface area (Å²) in [6.45, 7) is 4.27. The van der Waals surface area contributed by atoms with Crippen LogP contribution in [0.25, 0.3) is 6.08 Å². The van der Waals surface area contributed by atoms with Gasteiger partial charge in [-0.3, -0.25) is 0 Å². The summed E-state index contributed by atoms with van der Waals surface area (Å²) in [5.41, 5.74) is -0.334. The lowest BCUT2D eigenvalue weighted by Crippen LogP contribution is -2.04. The average Bonchev–Trinajstić information content (AvgIpc) is 2.46. The number of halogens is 3. The summed E-state index contributed by atoms with van der Waals surface area (Å²) < 4.78 is 36.9. The summed E-state index contributed by atoms with van der Waals surface area (Å²) in [5, 5.41) is 25.3. The van der Waals surface area contributed by atoms with Crippen LogP contribution >= 0.6 is 0 Å². The van der Waals surface area contributed by atoms with Crippen molar-refractivity contribution in [3.8, 4) is 0 Å². The van der Waals surface area contributed by atoms with Crippen molar-refractivity contribution in [2.24, 2.45) is 0 Å². The number of hydrogen-bond donors (Lipinski definition) is 3. The molecule has 8 heteroatoms. The highest BCUT2D eigenvalue weighted by molar-refractivity contribution is 5.92. The molecule has 1 aromatic rings. The first-order valence-corrected chi connectivity index (χ1v) is 6.59. The van der Waals surface area contributed by atoms with Crippen molar-refractivity contribution in [2.45, 2.75) is 19.5 Å². The van der Waals surface area contributed by atoms with Crippen LogP contribution in [-0.2, 0) is 15.8 Å². The highest BCUT2D eigenvalue weighted by atomic mass is 19.4. The molecule has 0 aromatic heterocycles. The Hall–Kier alpha value is -2.61. The Bertz CT molecular complexity index is 604. The Morgan fingerprint density at radius 2 is 1.58 bits per heavy atom. The first-order valence-electron chi connectivity index (χ1n) is 6.59. The summed E-state index contributed by atoms with van der Waals surface area (Å²) in [4.78, 5) is 20.4. The van der Waals surface area contributed by atoms with Gasteiger partial charge in [0.2, 0.25) is 0 Å². The lowest BCUT2D eigenvalue weighted by atomic mass is 10.1. The SMILES string of the molecule is C=C(C)C(=O)O.O=C(O)C(=Cc1ccc(C(F)(F)F)cc1)CCO. The van der Waals surface area contributed by atoms with Crippen LogP contribution in [0.5, 0.6) is 0 Å². The molecular weight excluding hydrogens is 329 g/mol. The number of aliphatic carboxylic acids is 2. The van der Waals surface area contributed by atoms with Crippen molar-refractivity contribution in [3.05, 3.63) is 53.1 Å². The number of benzene rings is 1. The van der Waals surface area contributed by atoms with Crippen LogP contribution in [0.15, 0.2) is 42.0 Å². The normalized spacial score (nSPS) is 11.3. The number of hydrogen-bond acceptors (Lipinski definition) is 3. The standard InChI is InChI=1S/C12H11F3O3.C4H6O2/c13-12(14,15)10-3-1-8(2-4-10)7-9(5-6-16)11(17)18;1-3(2)4(5)6/h1-4,7,16H,5-6H2,(H,17,18);1H2,2H3,(H,5,6). The fourth-order valence-corrected chi connectivity index (χ4v) is 1.33. The molecule has 0 aliphatic rings. The first kappa shape index (κ1) is 21.4. The number of rotatable bonds is 5. The number of carboxylic acids is 2. The molecule has 0 saturated heterocycles. The lowest BCUT2D eigenvalue weighted by Gasteiger charge is -2.06. The molecule has 24 heavy (non-hydrogen) atoms. The van der Waals surface area contributed by atoms with Crippen molar-refractivity contribution < 1.29 is 38.1 Å². The molecule has 1 aromatic carbocycles. The fourth-order valence-electron chi connectivity index (χ4n) is 1.33. The van der Waals surface area contributed by atoms with E-state index < -0.39 is 23.7 Å². The second-order valence-corrected chi connectivity index (χ2v) is 4.65. The van der Waals surface area contributed by atoms with E-state index in [2.05, 4.69) is 6.58 Å². The van der Waals surface area contributed by atoms with E-state index in [9.17, 15) is 22.8 Å². The van der Waals surface area contributed by atoms with Gasteiger partial charge in [-0.1, -0.05) is 18.7 Å². The third-order valence-corrected chi connectivity index (χ3v) is 2.60. The molecule has 5 nitrogen and oxygen atoms in total. The van der Waals surface area contributed by atoms with Crippen LogP contribution < -0.4 is 0 Å². The van der Waals surface area contributed by atoms with Gasteiger partial charge in [0.1, 0.15) is 0 Å². The molecule has 0 heterocycles. The van der Waals surface area contributed by atoms with Gasteiger partial charge < -0.3 is 15.3 Å². The maximum atomic E-state index is 12.3. The summed E-state index contributed by atoms with van der Waals surface area (Å²) in [7, 11) is 0. The second kappa shape index (κ2) is 9.51. The Balaban J connectivity index is 0.000000754. The number of aliphatic hydroxyl groups is 1. The van der Waals surface area contributed by atoms with Crippen LogP contribution in [-0.4, -0.2) is 33.9 Å². The topological polar surface area (TPSA) is 94.8 Å². The summed E-state index contributed by atoms with van der Waals surface area (Å²) in [6, 6.07) is 4.13. The van der Waals surface area contributed by atoms with Crippen molar-refractivity contribution >= 4 is 18.0 Å². The minimum Gasteiger partial charge on any atom is -0.478 e. The monoisotopic (exact) mass is 346 g/mol. The van der Waals surface area contributed by atoms with Gasteiger partial charge >= 0.3 is 18.1 Å². The molecule has 0 radical (unpaired) electrons. The summed E-state index contributed by atoms with van der Waals surface area (Å²) in [6.07, 6.45) is -3.24. The van der Waals surface area contributed by atoms with Crippen molar-refractivity contribution in [1.82, 2.24) is 0 Å². The van der Waals surface area contributed by atoms with E-state index in [0.29, 0.717) is 5.56 Å². The maximum Gasteiger partial charge on any atom is 0.416 e. The third-order valence-electron chi connectivity index (χ3n) is 2.60. The zero-order chi connectivity index (χ0) is 18.9. The van der Waals surface area contributed by atoms with Crippen molar-refractivity contribution in [3.63, 3.8) is 0 Å². The highest BCUT2D eigenvalue weighted by Gasteiger charge is 2.29. The quantitative estimate of drug-likeness (QED) is 0.712. The molecule has 0 atom stereocenters. The molecule has 0 saturated carbocycles. The van der Waals surface area contributed by atoms with Crippen molar-refractivity contribution in [1.29, 1.82) is 0 Å². The van der Waals surface area contributed by atoms with Crippen LogP contribution in [0, 0.1) is 0 Å². The molecule has 132 valence electrons. The molecule has 0 fully saturated rings. The zero-order valence-corrected chi connectivity index (χ0v) is 12.8. The molecule has 0 spiro atoms. The number of aliphatic hydroxyl groups excluding tert-OH is 1. The Labute approximate surface area is 136 Å². The lowest BCUT2D eigenvalue weighted by molar-refractivity contribution is -0.137. The zero-order valence-electron chi connectivity index (χ0n) is 12.8. The summed E-state index contributed by atoms with van der Waals surface area (Å²) >= 11 is 0. The largest absolute Gasteiger partial charge is 0.478 e. The van der Waals surface area contributed by atoms with E-state index in [1.165, 1.54) is 25.1 Å². The third kappa shape index (κ3) is 8.14. The van der Waals surface area contributed by atoms with Gasteiger partial charge in [0, 0.05) is 24.2 Å². The molecule has 3 N–H and O–H groups in total. The molecule has 0 bridgehead atoms. The smallest absolute Gasteiger partial charge is 0.416 e. The molecule has 0 aliphatic carbocycles. The number of alkyl halides is 3. The highest BCUT2D eigenvalue weighted by Crippen LogP contribution is 2.29. The maximum absolute atomic E-state index is 12.3. The predicted molar refractivity (Wildman–Crippen MR) is 81.2 cm³/mol. The van der Waals surface area contributed by atoms with E-state index in [4.69, 9.17) is 15.3 Å². The summed E-state index contributed by atoms with van der Waals surface area (Å²) in [5.74, 6) is -2.14. The van der Waals surface area contributed by atoms with Crippen molar-refractivity contribution in [2.75, 3.05) is 6.61 Å². The molecular formula is C16H17F3O5. The van der Waals surface area contributed by atoms with E-state index in [-0.39, 0.29) is 24.2 Å². The van der Waals surface area contributed by atoms with Gasteiger partial charge in [-0.15, -0.1) is 0 Å². The first-order chi connectivity index (χ1) is 11.0. The Kier molecular flexibility index (Phi) is 8.48. The van der Waals surface area contributed by atoms with Crippen LogP contribution in [0.1, 0.15) is 24.5 Å². The number of carbonyl (C=O) groups is 2. The van der Waals surface area contributed by atoms with E-state index >= 15 is 0 Å². The Morgan fingerprint density at radius 3 is 1.88 bits per heavy atom. The molecule has 1 rings (SSSR count). The molecule has 0 amide bonds. The van der Waals surface area contributed by atoms with Crippen LogP contribution in [0.3, 0.4) is 0 Å². The van der Waals surface area contributed by atoms with Gasteiger partial charge in [-0.2, -0.15) is 13.2 Å². The average molecular weight is 346 g/mol. The van der Waals surface area contributed by atoms with Gasteiger partial charge in [-0.25, -0.2) is 9.59 Å². The second-order valence-electron chi connectivity index (χ2n) is 4.65. The minimum absolute atomic E-state index is 0.0581. The Morgan fingerprint density at radius 1 is 1.12 bits per heavy atom. The van der Waals surface area contributed by atoms with Crippen LogP contribution in [0.4, 0.5) is 13.2 Å². The van der Waals surface area contributed by atoms with Gasteiger partial charge in [0.05, 0.1) is 5.56 Å².